The van der Waals surface area contributed by atoms with Gasteiger partial charge in [0.1, 0.15) is 11.4 Å². The number of hydrogen-bond donors (Lipinski definition) is 0. The van der Waals surface area contributed by atoms with Crippen molar-refractivity contribution in [1.29, 1.82) is 0 Å². The lowest BCUT2D eigenvalue weighted by Crippen LogP contribution is -2.24. The van der Waals surface area contributed by atoms with Gasteiger partial charge in [-0.3, -0.25) is 0 Å². The summed E-state index contributed by atoms with van der Waals surface area (Å²) >= 11 is 3.25. The Morgan fingerprint density at radius 2 is 2.06 bits per heavy atom. The maximum Gasteiger partial charge on any atom is 0.339 e. The van der Waals surface area contributed by atoms with E-state index in [0.717, 1.165) is 5.56 Å². The molecule has 16 heavy (non-hydrogen) atoms. The first-order valence-electron chi connectivity index (χ1n) is 4.91. The minimum absolute atomic E-state index is 0.270. The highest BCUT2D eigenvalue weighted by atomic mass is 79.9. The number of hydrogen-bond acceptors (Lipinski definition) is 2. The van der Waals surface area contributed by atoms with Crippen LogP contribution >= 0.6 is 15.9 Å². The fourth-order valence-electron chi connectivity index (χ4n) is 1.19. The third-order valence-corrected chi connectivity index (χ3v) is 2.44. The van der Waals surface area contributed by atoms with E-state index in [-0.39, 0.29) is 5.56 Å². The SMILES string of the molecule is CC(C)(C)OC(=O)c1cc(F)ccc1CBr. The molecule has 0 aliphatic rings. The van der Waals surface area contributed by atoms with E-state index in [4.69, 9.17) is 4.74 Å². The normalized spacial score (nSPS) is 11.3. The molecule has 2 nitrogen and oxygen atoms in total. The highest BCUT2D eigenvalue weighted by Gasteiger charge is 2.20. The number of halogens is 2. The lowest BCUT2D eigenvalue weighted by atomic mass is 10.1. The van der Waals surface area contributed by atoms with E-state index in [9.17, 15) is 9.18 Å². The molecule has 4 heteroatoms. The van der Waals surface area contributed by atoms with Crippen LogP contribution in [-0.2, 0) is 10.1 Å². The molecule has 0 radical (unpaired) electrons. The molecule has 0 aliphatic heterocycles. The summed E-state index contributed by atoms with van der Waals surface area (Å²) in [6, 6.07) is 4.10. The minimum Gasteiger partial charge on any atom is -0.456 e. The molecule has 1 aromatic rings. The third-order valence-electron chi connectivity index (χ3n) is 1.83. The molecule has 0 amide bonds. The molecule has 0 aromatic heterocycles. The Kier molecular flexibility index (Phi) is 4.08. The first-order chi connectivity index (χ1) is 7.33. The maximum absolute atomic E-state index is 13.1. The standard InChI is InChI=1S/C12H14BrFO2/c1-12(2,3)16-11(15)10-6-9(14)5-4-8(10)7-13/h4-6H,7H2,1-3H3. The maximum atomic E-state index is 13.1. The van der Waals surface area contributed by atoms with Crippen LogP contribution in [-0.4, -0.2) is 11.6 Å². The van der Waals surface area contributed by atoms with Crippen LogP contribution in [0.25, 0.3) is 0 Å². The summed E-state index contributed by atoms with van der Waals surface area (Å²) in [4.78, 5) is 11.8. The topological polar surface area (TPSA) is 26.3 Å². The van der Waals surface area contributed by atoms with Crippen LogP contribution in [0.5, 0.6) is 0 Å². The predicted molar refractivity (Wildman–Crippen MR) is 64.2 cm³/mol. The monoisotopic (exact) mass is 288 g/mol. The molecule has 0 unspecified atom stereocenters. The molecule has 0 saturated carbocycles. The minimum atomic E-state index is -0.576. The van der Waals surface area contributed by atoms with Gasteiger partial charge < -0.3 is 4.74 Å². The molecule has 0 N–H and O–H groups in total. The molecule has 1 aromatic carbocycles. The summed E-state index contributed by atoms with van der Waals surface area (Å²) in [5.74, 6) is -0.938. The van der Waals surface area contributed by atoms with Crippen molar-refractivity contribution in [3.63, 3.8) is 0 Å². The van der Waals surface area contributed by atoms with Gasteiger partial charge in [-0.05, 0) is 38.5 Å². The smallest absolute Gasteiger partial charge is 0.339 e. The van der Waals surface area contributed by atoms with Gasteiger partial charge in [-0.25, -0.2) is 9.18 Å². The Hall–Kier alpha value is -0.900. The Balaban J connectivity index is 3.02. The molecule has 0 bridgehead atoms. The van der Waals surface area contributed by atoms with E-state index in [1.165, 1.54) is 12.1 Å². The van der Waals surface area contributed by atoms with Crippen molar-refractivity contribution in [2.45, 2.75) is 31.7 Å². The Labute approximate surface area is 103 Å². The van der Waals surface area contributed by atoms with Gasteiger partial charge in [0.25, 0.3) is 0 Å². The number of esters is 1. The van der Waals surface area contributed by atoms with Crippen molar-refractivity contribution in [3.8, 4) is 0 Å². The van der Waals surface area contributed by atoms with Crippen molar-refractivity contribution >= 4 is 21.9 Å². The van der Waals surface area contributed by atoms with E-state index in [0.29, 0.717) is 5.33 Å². The van der Waals surface area contributed by atoms with E-state index >= 15 is 0 Å². The van der Waals surface area contributed by atoms with Crippen LogP contribution in [0.4, 0.5) is 4.39 Å². The summed E-state index contributed by atoms with van der Waals surface area (Å²) in [5.41, 5.74) is 0.412. The molecule has 0 atom stereocenters. The van der Waals surface area contributed by atoms with Crippen LogP contribution in [0.1, 0.15) is 36.7 Å². The first kappa shape index (κ1) is 13.2. The van der Waals surface area contributed by atoms with E-state index in [2.05, 4.69) is 15.9 Å². The summed E-state index contributed by atoms with van der Waals surface area (Å²) < 4.78 is 18.2. The van der Waals surface area contributed by atoms with Crippen LogP contribution in [0, 0.1) is 5.82 Å². The number of ether oxygens (including phenoxy) is 1. The van der Waals surface area contributed by atoms with Gasteiger partial charge in [0, 0.05) is 5.33 Å². The number of carbonyl (C=O) groups is 1. The lowest BCUT2D eigenvalue weighted by Gasteiger charge is -2.20. The highest BCUT2D eigenvalue weighted by molar-refractivity contribution is 9.08. The van der Waals surface area contributed by atoms with Gasteiger partial charge in [-0.2, -0.15) is 0 Å². The molecule has 0 aliphatic carbocycles. The Morgan fingerprint density at radius 3 is 2.56 bits per heavy atom. The zero-order valence-electron chi connectivity index (χ0n) is 9.51. The third kappa shape index (κ3) is 3.59. The average Bonchev–Trinajstić information content (AvgIpc) is 2.15. The highest BCUT2D eigenvalue weighted by Crippen LogP contribution is 2.18. The van der Waals surface area contributed by atoms with Crippen LogP contribution in [0.3, 0.4) is 0 Å². The second-order valence-electron chi connectivity index (χ2n) is 4.44. The summed E-state index contributed by atoms with van der Waals surface area (Å²) in [6.45, 7) is 5.33. The van der Waals surface area contributed by atoms with Gasteiger partial charge in [-0.1, -0.05) is 22.0 Å². The molecule has 0 heterocycles. The zero-order valence-corrected chi connectivity index (χ0v) is 11.1. The average molecular weight is 289 g/mol. The predicted octanol–water partition coefficient (Wildman–Crippen LogP) is 3.68. The summed E-state index contributed by atoms with van der Waals surface area (Å²) in [7, 11) is 0. The van der Waals surface area contributed by atoms with Gasteiger partial charge in [0.05, 0.1) is 5.56 Å². The first-order valence-corrected chi connectivity index (χ1v) is 6.03. The van der Waals surface area contributed by atoms with Gasteiger partial charge >= 0.3 is 5.97 Å². The van der Waals surface area contributed by atoms with E-state index in [1.807, 2.05) is 0 Å². The van der Waals surface area contributed by atoms with Crippen LogP contribution < -0.4 is 0 Å². The van der Waals surface area contributed by atoms with E-state index < -0.39 is 17.4 Å². The van der Waals surface area contributed by atoms with E-state index in [1.54, 1.807) is 26.8 Å². The number of rotatable bonds is 2. The quantitative estimate of drug-likeness (QED) is 0.613. The Morgan fingerprint density at radius 1 is 1.44 bits per heavy atom. The van der Waals surface area contributed by atoms with Crippen molar-refractivity contribution < 1.29 is 13.9 Å². The molecule has 0 spiro atoms. The van der Waals surface area contributed by atoms with Crippen molar-refractivity contribution in [3.05, 3.63) is 35.1 Å². The van der Waals surface area contributed by atoms with Crippen molar-refractivity contribution in [2.75, 3.05) is 0 Å². The van der Waals surface area contributed by atoms with Crippen LogP contribution in [0.15, 0.2) is 18.2 Å². The second kappa shape index (κ2) is 4.95. The largest absolute Gasteiger partial charge is 0.456 e. The van der Waals surface area contributed by atoms with Crippen molar-refractivity contribution in [1.82, 2.24) is 0 Å². The van der Waals surface area contributed by atoms with Gasteiger partial charge in [-0.15, -0.1) is 0 Å². The van der Waals surface area contributed by atoms with Gasteiger partial charge in [0.2, 0.25) is 0 Å². The molecule has 88 valence electrons. The molecule has 0 saturated heterocycles. The fraction of sp³-hybridized carbons (Fsp3) is 0.417. The molecular weight excluding hydrogens is 275 g/mol. The summed E-state index contributed by atoms with van der Waals surface area (Å²) in [5, 5.41) is 0.488. The van der Waals surface area contributed by atoms with Gasteiger partial charge in [0.15, 0.2) is 0 Å². The molecule has 0 fully saturated rings. The number of carbonyl (C=O) groups excluding carboxylic acids is 1. The van der Waals surface area contributed by atoms with Crippen LogP contribution in [0.2, 0.25) is 0 Å². The summed E-state index contributed by atoms with van der Waals surface area (Å²) in [6.07, 6.45) is 0. The molecular formula is C12H14BrFO2. The zero-order chi connectivity index (χ0) is 12.3. The fourth-order valence-corrected chi connectivity index (χ4v) is 1.68. The molecule has 1 rings (SSSR count). The second-order valence-corrected chi connectivity index (χ2v) is 5.00. The number of alkyl halides is 1. The Bertz CT molecular complexity index is 396. The lowest BCUT2D eigenvalue weighted by molar-refractivity contribution is 0.00682. The van der Waals surface area contributed by atoms with Crippen molar-refractivity contribution in [2.24, 2.45) is 0 Å². The number of benzene rings is 1.